The third-order valence-corrected chi connectivity index (χ3v) is 9.90. The van der Waals surface area contributed by atoms with E-state index in [1.807, 2.05) is 98.0 Å². The zero-order valence-electron chi connectivity index (χ0n) is 31.7. The van der Waals surface area contributed by atoms with Gasteiger partial charge >= 0.3 is 0 Å². The zero-order chi connectivity index (χ0) is 40.2. The van der Waals surface area contributed by atoms with Crippen LogP contribution in [-0.4, -0.2) is 40.1 Å². The van der Waals surface area contributed by atoms with E-state index in [4.69, 9.17) is 43.1 Å². The molecule has 0 atom stereocenters. The van der Waals surface area contributed by atoms with Crippen LogP contribution in [0.5, 0.6) is 0 Å². The van der Waals surface area contributed by atoms with Crippen molar-refractivity contribution in [3.8, 4) is 22.8 Å². The van der Waals surface area contributed by atoms with Crippen molar-refractivity contribution in [2.75, 3.05) is 0 Å². The van der Waals surface area contributed by atoms with E-state index in [0.29, 0.717) is 51.7 Å². The van der Waals surface area contributed by atoms with Crippen molar-refractivity contribution < 1.29 is 0 Å². The first-order valence-electron chi connectivity index (χ1n) is 17.7. The Morgan fingerprint density at radius 2 is 1.18 bits per heavy atom. The second-order valence-corrected chi connectivity index (χ2v) is 15.6. The molecule has 0 radical (unpaired) electrons. The van der Waals surface area contributed by atoms with E-state index in [1.54, 1.807) is 42.6 Å². The van der Waals surface area contributed by atoms with Crippen LogP contribution < -0.4 is 11.5 Å². The van der Waals surface area contributed by atoms with Gasteiger partial charge in [0, 0.05) is 29.4 Å². The van der Waals surface area contributed by atoms with Crippen molar-refractivity contribution in [2.24, 2.45) is 11.5 Å². The van der Waals surface area contributed by atoms with E-state index in [0.717, 1.165) is 46.2 Å². The number of allylic oxidation sites excluding steroid dienone is 6. The molecule has 0 aliphatic rings. The molecule has 12 heteroatoms. The molecule has 10 nitrogen and oxygen atoms in total. The summed E-state index contributed by atoms with van der Waals surface area (Å²) in [6, 6.07) is 27.6. The SMILES string of the molecule is C/C=C\C=C(/N)C/C=C\C=C(/N)c1cccc(C(=N)SC(=N)c2cc(C(=N)SC(=N)c3cccc(-c4cccc(-c5ccccn5)n4)n3)cc(C(C)(C)C)c2)n1. The lowest BCUT2D eigenvalue weighted by molar-refractivity contribution is 0.590. The molecule has 4 heterocycles. The molecule has 0 aliphatic carbocycles. The lowest BCUT2D eigenvalue weighted by Crippen LogP contribution is -2.15. The first kappa shape index (κ1) is 40.9. The van der Waals surface area contributed by atoms with Gasteiger partial charge in [-0.1, -0.05) is 69.3 Å². The minimum Gasteiger partial charge on any atom is -0.402 e. The van der Waals surface area contributed by atoms with E-state index < -0.39 is 0 Å². The molecule has 0 fully saturated rings. The predicted octanol–water partition coefficient (Wildman–Crippen LogP) is 9.73. The molecule has 0 bridgehead atoms. The number of thioether (sulfide) groups is 2. The van der Waals surface area contributed by atoms with Gasteiger partial charge in [-0.05, 0) is 120 Å². The average Bonchev–Trinajstić information content (AvgIpc) is 3.21. The molecule has 0 spiro atoms. The third-order valence-electron chi connectivity index (χ3n) is 8.20. The van der Waals surface area contributed by atoms with E-state index in [1.165, 1.54) is 0 Å². The fourth-order valence-electron chi connectivity index (χ4n) is 5.16. The first-order chi connectivity index (χ1) is 26.8. The maximum Gasteiger partial charge on any atom is 0.119 e. The highest BCUT2D eigenvalue weighted by Gasteiger charge is 2.21. The number of nitrogens with two attached hydrogens (primary N) is 2. The van der Waals surface area contributed by atoms with Crippen molar-refractivity contribution in [2.45, 2.75) is 39.5 Å². The average molecular weight is 777 g/mol. The second kappa shape index (κ2) is 18.9. The minimum atomic E-state index is -0.295. The Hall–Kier alpha value is -6.24. The van der Waals surface area contributed by atoms with Gasteiger partial charge in [0.1, 0.15) is 20.2 Å². The fourth-order valence-corrected chi connectivity index (χ4v) is 6.47. The summed E-state index contributed by atoms with van der Waals surface area (Å²) >= 11 is 1.96. The standard InChI is InChI=1S/C44H44N10S2/c1-5-6-14-31(45)15-7-8-16-32(46)33-18-11-22-38(52-33)42(49)55-40(47)28-25-29(27-30(26-28)44(2,3)4)41(48)56-43(50)39-23-13-21-37(54-39)36-20-12-19-35(53-36)34-17-9-10-24-51-34/h5-14,16-27,47-50H,15,45-46H2,1-4H3/b6-5-,8-7-,31-14-,32-16-,47-40?,48-41?,49-42?,50-43?. The van der Waals surface area contributed by atoms with Crippen molar-refractivity contribution in [1.82, 2.24) is 19.9 Å². The molecule has 282 valence electrons. The summed E-state index contributed by atoms with van der Waals surface area (Å²) in [5.74, 6) is 0. The summed E-state index contributed by atoms with van der Waals surface area (Å²) in [6.45, 7) is 8.13. The number of nitrogens with zero attached hydrogens (tertiary/aromatic N) is 4. The van der Waals surface area contributed by atoms with Gasteiger partial charge in [0.2, 0.25) is 0 Å². The summed E-state index contributed by atoms with van der Waals surface area (Å²) in [5, 5.41) is 36.3. The van der Waals surface area contributed by atoms with Crippen molar-refractivity contribution >= 4 is 49.4 Å². The Labute approximate surface area is 336 Å². The summed E-state index contributed by atoms with van der Waals surface area (Å²) in [4.78, 5) is 18.5. The van der Waals surface area contributed by atoms with Gasteiger partial charge in [0.25, 0.3) is 0 Å². The van der Waals surface area contributed by atoms with E-state index in [-0.39, 0.29) is 25.6 Å². The molecule has 0 saturated heterocycles. The van der Waals surface area contributed by atoms with Gasteiger partial charge in [-0.15, -0.1) is 0 Å². The van der Waals surface area contributed by atoms with Crippen LogP contribution in [0.1, 0.15) is 67.9 Å². The van der Waals surface area contributed by atoms with Crippen LogP contribution in [0, 0.1) is 21.6 Å². The maximum absolute atomic E-state index is 9.05. The fraction of sp³-hybridized carbons (Fsp3) is 0.136. The quantitative estimate of drug-likeness (QED) is 0.0432. The Balaban J connectivity index is 1.31. The molecule has 8 N–H and O–H groups in total. The molecule has 56 heavy (non-hydrogen) atoms. The molecular weight excluding hydrogens is 733 g/mol. The summed E-state index contributed by atoms with van der Waals surface area (Å²) in [5.41, 5.74) is 19.2. The summed E-state index contributed by atoms with van der Waals surface area (Å²) in [7, 11) is 0. The largest absolute Gasteiger partial charge is 0.402 e. The molecule has 5 aromatic rings. The van der Waals surface area contributed by atoms with Crippen LogP contribution in [0.15, 0.2) is 139 Å². The van der Waals surface area contributed by atoms with Crippen LogP contribution >= 0.6 is 23.5 Å². The Morgan fingerprint density at radius 3 is 1.79 bits per heavy atom. The van der Waals surface area contributed by atoms with Gasteiger partial charge < -0.3 is 11.5 Å². The molecule has 5 rings (SSSR count). The van der Waals surface area contributed by atoms with Gasteiger partial charge in [-0.2, -0.15) is 0 Å². The highest BCUT2D eigenvalue weighted by Crippen LogP contribution is 2.30. The van der Waals surface area contributed by atoms with Crippen molar-refractivity contribution in [3.05, 3.63) is 173 Å². The molecule has 0 saturated carbocycles. The van der Waals surface area contributed by atoms with Crippen LogP contribution in [0.4, 0.5) is 0 Å². The van der Waals surface area contributed by atoms with Crippen LogP contribution in [0.2, 0.25) is 0 Å². The Kier molecular flexibility index (Phi) is 13.8. The lowest BCUT2D eigenvalue weighted by atomic mass is 9.85. The zero-order valence-corrected chi connectivity index (χ0v) is 33.3. The van der Waals surface area contributed by atoms with E-state index >= 15 is 0 Å². The van der Waals surface area contributed by atoms with Crippen LogP contribution in [0.3, 0.4) is 0 Å². The second-order valence-electron chi connectivity index (χ2n) is 13.5. The first-order valence-corrected chi connectivity index (χ1v) is 19.4. The predicted molar refractivity (Wildman–Crippen MR) is 236 cm³/mol. The van der Waals surface area contributed by atoms with Gasteiger partial charge in [0.05, 0.1) is 45.6 Å². The van der Waals surface area contributed by atoms with E-state index in [2.05, 4.69) is 30.7 Å². The third kappa shape index (κ3) is 11.2. The lowest BCUT2D eigenvalue weighted by Gasteiger charge is -2.21. The van der Waals surface area contributed by atoms with E-state index in [9.17, 15) is 0 Å². The number of pyridine rings is 4. The monoisotopic (exact) mass is 776 g/mol. The normalized spacial score (nSPS) is 12.3. The van der Waals surface area contributed by atoms with Crippen molar-refractivity contribution in [1.29, 1.82) is 21.6 Å². The van der Waals surface area contributed by atoms with Crippen LogP contribution in [-0.2, 0) is 5.41 Å². The van der Waals surface area contributed by atoms with Crippen molar-refractivity contribution in [3.63, 3.8) is 0 Å². The Bertz CT molecular complexity index is 2390. The Morgan fingerprint density at radius 1 is 0.625 bits per heavy atom. The van der Waals surface area contributed by atoms with Gasteiger partial charge in [-0.25, -0.2) is 15.0 Å². The summed E-state index contributed by atoms with van der Waals surface area (Å²) < 4.78 is 0. The number of aromatic nitrogens is 4. The molecule has 4 aromatic heterocycles. The molecule has 1 aromatic carbocycles. The number of hydrogen-bond donors (Lipinski definition) is 6. The number of rotatable bonds is 11. The number of benzene rings is 1. The molecular formula is C44H44N10S2. The molecule has 0 aliphatic heterocycles. The number of hydrogen-bond acceptors (Lipinski definition) is 12. The highest BCUT2D eigenvalue weighted by molar-refractivity contribution is 8.27. The maximum atomic E-state index is 9.05. The molecule has 0 amide bonds. The van der Waals surface area contributed by atoms with Crippen LogP contribution in [0.25, 0.3) is 28.5 Å². The van der Waals surface area contributed by atoms with Gasteiger partial charge in [0.15, 0.2) is 0 Å². The smallest absolute Gasteiger partial charge is 0.119 e. The summed E-state index contributed by atoms with van der Waals surface area (Å²) in [6.07, 6.45) is 13.4. The highest BCUT2D eigenvalue weighted by atomic mass is 32.2. The topological polar surface area (TPSA) is 199 Å². The number of nitrogens with one attached hydrogen (secondary N) is 4. The molecule has 0 unspecified atom stereocenters. The minimum absolute atomic E-state index is 0.0852. The van der Waals surface area contributed by atoms with Gasteiger partial charge in [-0.3, -0.25) is 26.6 Å².